The number of anilines is 1. The lowest BCUT2D eigenvalue weighted by Crippen LogP contribution is -2.20. The van der Waals surface area contributed by atoms with Gasteiger partial charge in [-0.15, -0.1) is 0 Å². The SMILES string of the molecule is O=CN(Cc1ccc(Cl)nc1)c1ccc(F)cc1. The van der Waals surface area contributed by atoms with E-state index in [0.29, 0.717) is 23.8 Å². The number of pyridine rings is 1. The summed E-state index contributed by atoms with van der Waals surface area (Å²) >= 11 is 5.68. The first-order chi connectivity index (χ1) is 8.69. The van der Waals surface area contributed by atoms with Crippen LogP contribution in [0.1, 0.15) is 5.56 Å². The van der Waals surface area contributed by atoms with Crippen molar-refractivity contribution in [3.05, 3.63) is 59.1 Å². The molecule has 0 unspecified atom stereocenters. The summed E-state index contributed by atoms with van der Waals surface area (Å²) in [5.41, 5.74) is 1.47. The number of amides is 1. The van der Waals surface area contributed by atoms with Gasteiger partial charge in [0, 0.05) is 11.9 Å². The Kier molecular flexibility index (Phi) is 3.89. The lowest BCUT2D eigenvalue weighted by molar-refractivity contribution is -0.107. The molecule has 1 aromatic heterocycles. The predicted octanol–water partition coefficient (Wildman–Crippen LogP) is 3.04. The predicted molar refractivity (Wildman–Crippen MR) is 67.9 cm³/mol. The number of hydrogen-bond acceptors (Lipinski definition) is 2. The van der Waals surface area contributed by atoms with E-state index in [1.54, 1.807) is 30.5 Å². The van der Waals surface area contributed by atoms with Gasteiger partial charge in [-0.2, -0.15) is 0 Å². The Balaban J connectivity index is 2.16. The zero-order valence-electron chi connectivity index (χ0n) is 9.38. The minimum absolute atomic E-state index is 0.335. The molecular formula is C13H10ClFN2O. The highest BCUT2D eigenvalue weighted by Crippen LogP contribution is 2.16. The Morgan fingerprint density at radius 3 is 2.50 bits per heavy atom. The first-order valence-electron chi connectivity index (χ1n) is 5.27. The molecular weight excluding hydrogens is 255 g/mol. The Bertz CT molecular complexity index is 528. The first-order valence-corrected chi connectivity index (χ1v) is 5.65. The third-order valence-corrected chi connectivity index (χ3v) is 2.65. The Morgan fingerprint density at radius 1 is 1.22 bits per heavy atom. The summed E-state index contributed by atoms with van der Waals surface area (Å²) in [4.78, 5) is 16.4. The van der Waals surface area contributed by atoms with Crippen molar-refractivity contribution < 1.29 is 9.18 Å². The van der Waals surface area contributed by atoms with E-state index in [-0.39, 0.29) is 5.82 Å². The van der Waals surface area contributed by atoms with Gasteiger partial charge >= 0.3 is 0 Å². The smallest absolute Gasteiger partial charge is 0.214 e. The molecule has 1 aromatic carbocycles. The maximum absolute atomic E-state index is 12.8. The van der Waals surface area contributed by atoms with Gasteiger partial charge < -0.3 is 4.90 Å². The number of halogens is 2. The van der Waals surface area contributed by atoms with Crippen molar-refractivity contribution in [2.75, 3.05) is 4.90 Å². The zero-order chi connectivity index (χ0) is 13.0. The number of aromatic nitrogens is 1. The van der Waals surface area contributed by atoms with Crippen molar-refractivity contribution >= 4 is 23.7 Å². The molecule has 0 bridgehead atoms. The fraction of sp³-hybridized carbons (Fsp3) is 0.0769. The maximum atomic E-state index is 12.8. The summed E-state index contributed by atoms with van der Waals surface area (Å²) in [7, 11) is 0. The summed E-state index contributed by atoms with van der Waals surface area (Å²) < 4.78 is 12.8. The van der Waals surface area contributed by atoms with Crippen LogP contribution in [0.3, 0.4) is 0 Å². The molecule has 0 spiro atoms. The van der Waals surface area contributed by atoms with Crippen molar-refractivity contribution in [3.8, 4) is 0 Å². The first kappa shape index (κ1) is 12.5. The van der Waals surface area contributed by atoms with E-state index < -0.39 is 0 Å². The second kappa shape index (κ2) is 5.60. The Morgan fingerprint density at radius 2 is 1.94 bits per heavy atom. The number of nitrogens with zero attached hydrogens (tertiary/aromatic N) is 2. The summed E-state index contributed by atoms with van der Waals surface area (Å²) in [6.45, 7) is 0.360. The monoisotopic (exact) mass is 264 g/mol. The van der Waals surface area contributed by atoms with Gasteiger partial charge in [-0.05, 0) is 35.9 Å². The highest BCUT2D eigenvalue weighted by Gasteiger charge is 2.06. The molecule has 0 atom stereocenters. The third-order valence-electron chi connectivity index (χ3n) is 2.43. The average molecular weight is 265 g/mol. The van der Waals surface area contributed by atoms with E-state index in [1.807, 2.05) is 0 Å². The minimum atomic E-state index is -0.335. The van der Waals surface area contributed by atoms with Crippen LogP contribution in [0.2, 0.25) is 5.15 Å². The van der Waals surface area contributed by atoms with E-state index in [1.165, 1.54) is 17.0 Å². The van der Waals surface area contributed by atoms with Crippen LogP contribution in [0.4, 0.5) is 10.1 Å². The topological polar surface area (TPSA) is 33.2 Å². The molecule has 2 aromatic rings. The molecule has 0 N–H and O–H groups in total. The molecule has 1 heterocycles. The fourth-order valence-electron chi connectivity index (χ4n) is 1.52. The molecule has 0 saturated heterocycles. The van der Waals surface area contributed by atoms with Crippen molar-refractivity contribution in [3.63, 3.8) is 0 Å². The van der Waals surface area contributed by atoms with Gasteiger partial charge in [0.15, 0.2) is 0 Å². The molecule has 0 aliphatic rings. The molecule has 0 radical (unpaired) electrons. The van der Waals surface area contributed by atoms with Gasteiger partial charge in [0.1, 0.15) is 11.0 Å². The van der Waals surface area contributed by atoms with Crippen LogP contribution < -0.4 is 4.90 Å². The van der Waals surface area contributed by atoms with Crippen LogP contribution in [0, 0.1) is 5.82 Å². The lowest BCUT2D eigenvalue weighted by atomic mass is 10.2. The highest BCUT2D eigenvalue weighted by molar-refractivity contribution is 6.29. The second-order valence-corrected chi connectivity index (χ2v) is 4.09. The van der Waals surface area contributed by atoms with Crippen LogP contribution in [-0.2, 0) is 11.3 Å². The van der Waals surface area contributed by atoms with Crippen molar-refractivity contribution in [2.45, 2.75) is 6.54 Å². The van der Waals surface area contributed by atoms with Crippen LogP contribution in [-0.4, -0.2) is 11.4 Å². The van der Waals surface area contributed by atoms with Gasteiger partial charge in [0.05, 0.1) is 6.54 Å². The number of rotatable bonds is 4. The molecule has 1 amide bonds. The fourth-order valence-corrected chi connectivity index (χ4v) is 1.63. The molecule has 2 rings (SSSR count). The van der Waals surface area contributed by atoms with Gasteiger partial charge in [0.25, 0.3) is 0 Å². The molecule has 0 aliphatic heterocycles. The molecule has 18 heavy (non-hydrogen) atoms. The van der Waals surface area contributed by atoms with E-state index >= 15 is 0 Å². The standard InChI is InChI=1S/C13H10ClFN2O/c14-13-6-1-10(7-16-13)8-17(9-18)12-4-2-11(15)3-5-12/h1-7,9H,8H2. The van der Waals surface area contributed by atoms with Gasteiger partial charge in [-0.3, -0.25) is 4.79 Å². The molecule has 0 saturated carbocycles. The van der Waals surface area contributed by atoms with Crippen molar-refractivity contribution in [2.24, 2.45) is 0 Å². The van der Waals surface area contributed by atoms with Crippen LogP contribution >= 0.6 is 11.6 Å². The molecule has 0 aliphatic carbocycles. The van der Waals surface area contributed by atoms with Gasteiger partial charge in [-0.1, -0.05) is 17.7 Å². The minimum Gasteiger partial charge on any atom is -0.311 e. The number of carbonyl (C=O) groups excluding carboxylic acids is 1. The highest BCUT2D eigenvalue weighted by atomic mass is 35.5. The number of benzene rings is 1. The molecule has 0 fully saturated rings. The summed E-state index contributed by atoms with van der Waals surface area (Å²) in [5.74, 6) is -0.335. The normalized spacial score (nSPS) is 10.1. The van der Waals surface area contributed by atoms with E-state index in [0.717, 1.165) is 5.56 Å². The second-order valence-electron chi connectivity index (χ2n) is 3.70. The third kappa shape index (κ3) is 3.05. The Labute approximate surface area is 109 Å². The van der Waals surface area contributed by atoms with Crippen molar-refractivity contribution in [1.82, 2.24) is 4.98 Å². The average Bonchev–Trinajstić information content (AvgIpc) is 2.39. The van der Waals surface area contributed by atoms with Crippen LogP contribution in [0.5, 0.6) is 0 Å². The Hall–Kier alpha value is -1.94. The van der Waals surface area contributed by atoms with Crippen LogP contribution in [0.15, 0.2) is 42.6 Å². The lowest BCUT2D eigenvalue weighted by Gasteiger charge is -2.17. The summed E-state index contributed by atoms with van der Waals surface area (Å²) in [6, 6.07) is 9.16. The van der Waals surface area contributed by atoms with Crippen molar-refractivity contribution in [1.29, 1.82) is 0 Å². The largest absolute Gasteiger partial charge is 0.311 e. The molecule has 92 valence electrons. The zero-order valence-corrected chi connectivity index (χ0v) is 10.1. The number of hydrogen-bond donors (Lipinski definition) is 0. The quantitative estimate of drug-likeness (QED) is 0.628. The van der Waals surface area contributed by atoms with E-state index in [9.17, 15) is 9.18 Å². The molecule has 3 nitrogen and oxygen atoms in total. The summed E-state index contributed by atoms with van der Waals surface area (Å²) in [5, 5.41) is 0.401. The van der Waals surface area contributed by atoms with Crippen LogP contribution in [0.25, 0.3) is 0 Å². The summed E-state index contributed by atoms with van der Waals surface area (Å²) in [6.07, 6.45) is 2.30. The van der Waals surface area contributed by atoms with Gasteiger partial charge in [-0.25, -0.2) is 9.37 Å². The van der Waals surface area contributed by atoms with E-state index in [4.69, 9.17) is 11.6 Å². The number of carbonyl (C=O) groups is 1. The van der Waals surface area contributed by atoms with E-state index in [2.05, 4.69) is 4.98 Å². The molecule has 5 heteroatoms. The maximum Gasteiger partial charge on any atom is 0.214 e. The van der Waals surface area contributed by atoms with Gasteiger partial charge in [0.2, 0.25) is 6.41 Å².